The fourth-order valence-electron chi connectivity index (χ4n) is 5.19. The van der Waals surface area contributed by atoms with Gasteiger partial charge in [0.15, 0.2) is 0 Å². The standard InChI is InChI=1S/C31H39.2ClH.Zr/c1-19-11-16-26(31(8,9)10)27(19)28-22-14-12-20(29(2,3)4)17-24(22)25-18-21(30(5,6)7)13-15-23(25)28;;;/h12-15,17-18,28H,16H2,1-10H3;2*1H;/q-1;;;+3/p-2. The third-order valence-electron chi connectivity index (χ3n) is 7.20. The monoisotopic (exact) mass is 571 g/mol. The first-order valence-corrected chi connectivity index (χ1v) is 11.8. The van der Waals surface area contributed by atoms with E-state index in [1.54, 1.807) is 5.57 Å². The zero-order valence-corrected chi connectivity index (χ0v) is 26.5. The van der Waals surface area contributed by atoms with Crippen molar-refractivity contribution in [3.05, 3.63) is 81.4 Å². The van der Waals surface area contributed by atoms with Crippen LogP contribution in [-0.4, -0.2) is 0 Å². The van der Waals surface area contributed by atoms with Crippen LogP contribution in [0.25, 0.3) is 11.1 Å². The molecule has 0 N–H and O–H groups in total. The Balaban J connectivity index is 0.00000193. The van der Waals surface area contributed by atoms with Gasteiger partial charge in [0.1, 0.15) is 0 Å². The molecule has 3 heteroatoms. The molecule has 0 amide bonds. The average molecular weight is 574 g/mol. The average Bonchev–Trinajstić information content (AvgIpc) is 3.16. The van der Waals surface area contributed by atoms with Crippen LogP contribution in [0.15, 0.2) is 53.1 Å². The summed E-state index contributed by atoms with van der Waals surface area (Å²) in [6, 6.07) is 14.5. The van der Waals surface area contributed by atoms with Crippen LogP contribution in [-0.2, 0) is 37.0 Å². The van der Waals surface area contributed by atoms with Gasteiger partial charge >= 0.3 is 26.2 Å². The van der Waals surface area contributed by atoms with Crippen LogP contribution in [0.3, 0.4) is 0 Å². The Morgan fingerprint density at radius 3 is 1.44 bits per heavy atom. The summed E-state index contributed by atoms with van der Waals surface area (Å²) in [6.07, 6.45) is 4.64. The summed E-state index contributed by atoms with van der Waals surface area (Å²) >= 11 is 0. The van der Waals surface area contributed by atoms with Gasteiger partial charge in [0.05, 0.1) is 0 Å². The molecule has 0 bridgehead atoms. The molecule has 0 fully saturated rings. The van der Waals surface area contributed by atoms with Gasteiger partial charge in [0.2, 0.25) is 0 Å². The van der Waals surface area contributed by atoms with E-state index in [0.29, 0.717) is 5.92 Å². The van der Waals surface area contributed by atoms with Gasteiger partial charge < -0.3 is 24.8 Å². The van der Waals surface area contributed by atoms with Gasteiger partial charge in [-0.1, -0.05) is 106 Å². The van der Waals surface area contributed by atoms with Crippen LogP contribution in [0.4, 0.5) is 0 Å². The number of hydrogen-bond acceptors (Lipinski definition) is 0. The topological polar surface area (TPSA) is 0 Å². The zero-order valence-electron chi connectivity index (χ0n) is 22.5. The van der Waals surface area contributed by atoms with Crippen molar-refractivity contribution in [2.75, 3.05) is 0 Å². The Kier molecular flexibility index (Phi) is 9.61. The number of halogens is 2. The van der Waals surface area contributed by atoms with Crippen molar-refractivity contribution in [3.63, 3.8) is 0 Å². The van der Waals surface area contributed by atoms with E-state index in [1.165, 1.54) is 44.5 Å². The maximum atomic E-state index is 3.68. The molecule has 0 spiro atoms. The molecular formula is C31H39Cl2Zr. The van der Waals surface area contributed by atoms with E-state index in [1.807, 2.05) is 0 Å². The normalized spacial score (nSPS) is 15.6. The smallest absolute Gasteiger partial charge is 1.00 e. The number of allylic oxidation sites excluding steroid dienone is 4. The Morgan fingerprint density at radius 2 is 1.09 bits per heavy atom. The molecule has 181 valence electrons. The van der Waals surface area contributed by atoms with E-state index < -0.39 is 0 Å². The van der Waals surface area contributed by atoms with Crippen LogP contribution < -0.4 is 24.8 Å². The fraction of sp³-hybridized carbons (Fsp3) is 0.484. The summed E-state index contributed by atoms with van der Waals surface area (Å²) < 4.78 is 0. The molecular weight excluding hydrogens is 534 g/mol. The van der Waals surface area contributed by atoms with Gasteiger partial charge in [-0.25, -0.2) is 5.57 Å². The Labute approximate surface area is 240 Å². The van der Waals surface area contributed by atoms with Crippen LogP contribution in [0.2, 0.25) is 0 Å². The maximum absolute atomic E-state index is 3.68. The van der Waals surface area contributed by atoms with Crippen molar-refractivity contribution in [3.8, 4) is 11.1 Å². The molecule has 0 saturated carbocycles. The molecule has 2 aliphatic rings. The van der Waals surface area contributed by atoms with Crippen molar-refractivity contribution >= 4 is 0 Å². The molecule has 0 heterocycles. The summed E-state index contributed by atoms with van der Waals surface area (Å²) in [7, 11) is 0. The molecule has 0 aromatic heterocycles. The van der Waals surface area contributed by atoms with Crippen LogP contribution in [0.5, 0.6) is 0 Å². The molecule has 0 unspecified atom stereocenters. The number of fused-ring (bicyclic) bond motifs is 3. The van der Waals surface area contributed by atoms with E-state index >= 15 is 0 Å². The van der Waals surface area contributed by atoms with E-state index in [2.05, 4.69) is 112 Å². The molecule has 2 aromatic carbocycles. The summed E-state index contributed by atoms with van der Waals surface area (Å²) in [4.78, 5) is 0. The number of benzene rings is 2. The molecule has 1 radical (unpaired) electrons. The molecule has 2 aliphatic carbocycles. The van der Waals surface area contributed by atoms with Gasteiger partial charge in [-0.15, -0.1) is 6.42 Å². The second kappa shape index (κ2) is 10.4. The molecule has 2 aromatic rings. The first kappa shape index (κ1) is 31.4. The SMILES string of the molecule is CC1=[C-]CC(C(C)(C)C)=C1C1c2ccc(C(C)(C)C)cc2-c2cc(C(C)(C)C)ccc21.[Cl-].[Cl-].[Zr+3]. The van der Waals surface area contributed by atoms with E-state index in [0.717, 1.165) is 6.42 Å². The van der Waals surface area contributed by atoms with E-state index in [9.17, 15) is 0 Å². The molecule has 0 atom stereocenters. The Hall–Kier alpha value is -0.617. The van der Waals surface area contributed by atoms with Gasteiger partial charge in [0, 0.05) is 0 Å². The molecule has 0 saturated heterocycles. The largest absolute Gasteiger partial charge is 3.00 e. The minimum absolute atomic E-state index is 0. The number of hydrogen-bond donors (Lipinski definition) is 0. The summed E-state index contributed by atoms with van der Waals surface area (Å²) in [6.45, 7) is 23.2. The molecule has 0 nitrogen and oxygen atoms in total. The summed E-state index contributed by atoms with van der Waals surface area (Å²) in [5.74, 6) is 0.317. The van der Waals surface area contributed by atoms with Crippen LogP contribution in [0, 0.1) is 11.5 Å². The van der Waals surface area contributed by atoms with Crippen molar-refractivity contribution in [2.24, 2.45) is 5.41 Å². The van der Waals surface area contributed by atoms with E-state index in [4.69, 9.17) is 0 Å². The van der Waals surface area contributed by atoms with Crippen molar-refractivity contribution in [2.45, 2.75) is 92.4 Å². The van der Waals surface area contributed by atoms with Gasteiger partial charge in [0.25, 0.3) is 0 Å². The second-order valence-electron chi connectivity index (χ2n) is 12.7. The second-order valence-corrected chi connectivity index (χ2v) is 12.7. The quantitative estimate of drug-likeness (QED) is 0.461. The van der Waals surface area contributed by atoms with Gasteiger partial charge in [-0.2, -0.15) is 11.1 Å². The molecule has 0 aliphatic heterocycles. The first-order valence-electron chi connectivity index (χ1n) is 11.8. The summed E-state index contributed by atoms with van der Waals surface area (Å²) in [5, 5.41) is 0. The Morgan fingerprint density at radius 1 is 0.676 bits per heavy atom. The van der Waals surface area contributed by atoms with Crippen LogP contribution in [0.1, 0.15) is 104 Å². The zero-order chi connectivity index (χ0) is 22.9. The predicted octanol–water partition coefficient (Wildman–Crippen LogP) is 2.90. The van der Waals surface area contributed by atoms with E-state index in [-0.39, 0.29) is 67.3 Å². The minimum atomic E-state index is 0. The maximum Gasteiger partial charge on any atom is 3.00 e. The molecule has 34 heavy (non-hydrogen) atoms. The Bertz CT molecular complexity index is 1050. The molecule has 4 rings (SSSR count). The van der Waals surface area contributed by atoms with Crippen molar-refractivity contribution < 1.29 is 51.0 Å². The van der Waals surface area contributed by atoms with Gasteiger partial charge in [-0.05, 0) is 55.5 Å². The third-order valence-corrected chi connectivity index (χ3v) is 7.20. The predicted molar refractivity (Wildman–Crippen MR) is 135 cm³/mol. The van der Waals surface area contributed by atoms with Gasteiger partial charge in [-0.3, -0.25) is 6.08 Å². The minimum Gasteiger partial charge on any atom is -1.00 e. The fourth-order valence-corrected chi connectivity index (χ4v) is 5.19. The summed E-state index contributed by atoms with van der Waals surface area (Å²) in [5.41, 5.74) is 13.5. The van der Waals surface area contributed by atoms with Crippen LogP contribution >= 0.6 is 0 Å². The third kappa shape index (κ3) is 5.53. The number of rotatable bonds is 1. The van der Waals surface area contributed by atoms with Crippen molar-refractivity contribution in [1.82, 2.24) is 0 Å². The first-order chi connectivity index (χ1) is 14.2. The van der Waals surface area contributed by atoms with Crippen molar-refractivity contribution in [1.29, 1.82) is 0 Å².